The molecule has 0 amide bonds. The Bertz CT molecular complexity index is 857. The molecule has 0 aromatic heterocycles. The van der Waals surface area contributed by atoms with Crippen LogP contribution < -0.4 is 9.47 Å². The Kier molecular flexibility index (Phi) is 8.56. The highest BCUT2D eigenvalue weighted by molar-refractivity contribution is 9.10. The first-order valence-electron chi connectivity index (χ1n) is 8.76. The highest BCUT2D eigenvalue weighted by atomic mass is 79.9. The van der Waals surface area contributed by atoms with E-state index in [1.807, 2.05) is 72.8 Å². The molecule has 0 aliphatic carbocycles. The maximum Gasteiger partial charge on any atom is 0.303 e. The van der Waals surface area contributed by atoms with Crippen LogP contribution in [-0.4, -0.2) is 25.3 Å². The van der Waals surface area contributed by atoms with E-state index in [1.165, 1.54) is 0 Å². The molecule has 0 saturated heterocycles. The Labute approximate surface area is 173 Å². The van der Waals surface area contributed by atoms with Gasteiger partial charge in [0, 0.05) is 10.9 Å². The molecule has 3 aromatic carbocycles. The number of halogens is 1. The van der Waals surface area contributed by atoms with E-state index in [1.54, 1.807) is 14.2 Å². The van der Waals surface area contributed by atoms with Crippen molar-refractivity contribution >= 4 is 21.9 Å². The molecule has 28 heavy (non-hydrogen) atoms. The molecule has 0 aliphatic heterocycles. The molecule has 0 saturated carbocycles. The van der Waals surface area contributed by atoms with E-state index >= 15 is 0 Å². The van der Waals surface area contributed by atoms with Gasteiger partial charge in [-0.1, -0.05) is 52.3 Å². The summed E-state index contributed by atoms with van der Waals surface area (Å²) in [4.78, 5) is 10.5. The van der Waals surface area contributed by atoms with Crippen LogP contribution in [0, 0.1) is 0 Å². The number of carboxylic acid groups (broad SMARTS) is 1. The molecule has 0 unspecified atom stereocenters. The van der Waals surface area contributed by atoms with Crippen molar-refractivity contribution in [3.05, 3.63) is 82.8 Å². The maximum absolute atomic E-state index is 10.5. The largest absolute Gasteiger partial charge is 0.497 e. The van der Waals surface area contributed by atoms with E-state index in [9.17, 15) is 4.79 Å². The third-order valence-electron chi connectivity index (χ3n) is 4.05. The van der Waals surface area contributed by atoms with Gasteiger partial charge in [0.25, 0.3) is 0 Å². The lowest BCUT2D eigenvalue weighted by Crippen LogP contribution is -1.97. The van der Waals surface area contributed by atoms with E-state index in [4.69, 9.17) is 14.6 Å². The first-order chi connectivity index (χ1) is 13.5. The lowest BCUT2D eigenvalue weighted by atomic mass is 10.0. The Morgan fingerprint density at radius 3 is 1.64 bits per heavy atom. The molecule has 0 spiro atoms. The van der Waals surface area contributed by atoms with E-state index in [2.05, 4.69) is 15.9 Å². The summed E-state index contributed by atoms with van der Waals surface area (Å²) in [5.74, 6) is 0.958. The van der Waals surface area contributed by atoms with Crippen molar-refractivity contribution in [2.24, 2.45) is 0 Å². The van der Waals surface area contributed by atoms with Gasteiger partial charge >= 0.3 is 5.97 Å². The van der Waals surface area contributed by atoms with Crippen molar-refractivity contribution in [3.63, 3.8) is 0 Å². The number of ether oxygens (including phenoxy) is 2. The standard InChI is InChI=1S/C16H16O3.C7H7BrO/c1-19-15-9-7-14(8-10-15)13-5-2-12(3-6-13)4-11-16(17)18;1-9-7-4-2-6(8)3-5-7/h2-3,5-10H,4,11H2,1H3,(H,17,18);2-5H,1H3. The quantitative estimate of drug-likeness (QED) is 0.520. The van der Waals surface area contributed by atoms with E-state index in [0.717, 1.165) is 32.7 Å². The van der Waals surface area contributed by atoms with E-state index in [-0.39, 0.29) is 6.42 Å². The summed E-state index contributed by atoms with van der Waals surface area (Å²) >= 11 is 3.32. The zero-order valence-corrected chi connectivity index (χ0v) is 17.5. The average molecular weight is 443 g/mol. The van der Waals surface area contributed by atoms with Gasteiger partial charge in [0.1, 0.15) is 11.5 Å². The number of hydrogen-bond acceptors (Lipinski definition) is 3. The normalized spacial score (nSPS) is 9.82. The van der Waals surface area contributed by atoms with Gasteiger partial charge in [0.2, 0.25) is 0 Å². The van der Waals surface area contributed by atoms with Crippen molar-refractivity contribution < 1.29 is 19.4 Å². The summed E-state index contributed by atoms with van der Waals surface area (Å²) in [5, 5.41) is 8.64. The van der Waals surface area contributed by atoms with Crippen LogP contribution in [-0.2, 0) is 11.2 Å². The SMILES string of the molecule is COc1ccc(-c2ccc(CCC(=O)O)cc2)cc1.COc1ccc(Br)cc1. The van der Waals surface area contributed by atoms with Crippen LogP contribution in [0.1, 0.15) is 12.0 Å². The number of hydrogen-bond donors (Lipinski definition) is 1. The fourth-order valence-corrected chi connectivity index (χ4v) is 2.73. The van der Waals surface area contributed by atoms with Crippen molar-refractivity contribution in [1.29, 1.82) is 0 Å². The molecule has 3 rings (SSSR count). The van der Waals surface area contributed by atoms with Gasteiger partial charge in [0.15, 0.2) is 0 Å². The molecule has 146 valence electrons. The Morgan fingerprint density at radius 2 is 1.21 bits per heavy atom. The van der Waals surface area contributed by atoms with Gasteiger partial charge in [-0.15, -0.1) is 0 Å². The van der Waals surface area contributed by atoms with Crippen LogP contribution in [0.3, 0.4) is 0 Å². The average Bonchev–Trinajstić information content (AvgIpc) is 2.74. The summed E-state index contributed by atoms with van der Waals surface area (Å²) < 4.78 is 11.1. The molecular weight excluding hydrogens is 420 g/mol. The highest BCUT2D eigenvalue weighted by Gasteiger charge is 2.01. The maximum atomic E-state index is 10.5. The van der Waals surface area contributed by atoms with Gasteiger partial charge in [-0.05, 0) is 59.5 Å². The van der Waals surface area contributed by atoms with Crippen LogP contribution in [0.15, 0.2) is 77.3 Å². The van der Waals surface area contributed by atoms with Crippen LogP contribution in [0.25, 0.3) is 11.1 Å². The summed E-state index contributed by atoms with van der Waals surface area (Å²) in [6, 6.07) is 23.5. The molecule has 0 radical (unpaired) electrons. The topological polar surface area (TPSA) is 55.8 Å². The molecule has 0 heterocycles. The minimum absolute atomic E-state index is 0.169. The second-order valence-corrected chi connectivity index (χ2v) is 6.89. The zero-order chi connectivity index (χ0) is 20.4. The van der Waals surface area contributed by atoms with Gasteiger partial charge in [-0.3, -0.25) is 4.79 Å². The molecule has 4 nitrogen and oxygen atoms in total. The predicted octanol–water partition coefficient (Wildman–Crippen LogP) is 5.84. The summed E-state index contributed by atoms with van der Waals surface area (Å²) in [7, 11) is 3.30. The molecule has 3 aromatic rings. The minimum Gasteiger partial charge on any atom is -0.497 e. The number of benzene rings is 3. The van der Waals surface area contributed by atoms with Crippen molar-refractivity contribution in [1.82, 2.24) is 0 Å². The van der Waals surface area contributed by atoms with Crippen molar-refractivity contribution in [3.8, 4) is 22.6 Å². The molecule has 0 bridgehead atoms. The lowest BCUT2D eigenvalue weighted by molar-refractivity contribution is -0.136. The van der Waals surface area contributed by atoms with Gasteiger partial charge < -0.3 is 14.6 Å². The molecule has 0 atom stereocenters. The molecular formula is C23H23BrO4. The van der Waals surface area contributed by atoms with Crippen LogP contribution in [0.5, 0.6) is 11.5 Å². The van der Waals surface area contributed by atoms with Gasteiger partial charge in [0.05, 0.1) is 14.2 Å². The first kappa shape index (κ1) is 21.5. The number of aliphatic carboxylic acids is 1. The van der Waals surface area contributed by atoms with Crippen LogP contribution in [0.4, 0.5) is 0 Å². The molecule has 5 heteroatoms. The Hall–Kier alpha value is -2.79. The third-order valence-corrected chi connectivity index (χ3v) is 4.58. The monoisotopic (exact) mass is 442 g/mol. The predicted molar refractivity (Wildman–Crippen MR) is 115 cm³/mol. The fourth-order valence-electron chi connectivity index (χ4n) is 2.47. The number of methoxy groups -OCH3 is 2. The first-order valence-corrected chi connectivity index (χ1v) is 9.56. The van der Waals surface area contributed by atoms with E-state index in [0.29, 0.717) is 6.42 Å². The van der Waals surface area contributed by atoms with E-state index < -0.39 is 5.97 Å². The Balaban J connectivity index is 0.000000261. The summed E-state index contributed by atoms with van der Waals surface area (Å²) in [6.07, 6.45) is 0.736. The number of carboxylic acids is 1. The number of rotatable bonds is 6. The van der Waals surface area contributed by atoms with Crippen molar-refractivity contribution in [2.75, 3.05) is 14.2 Å². The highest BCUT2D eigenvalue weighted by Crippen LogP contribution is 2.23. The second kappa shape index (κ2) is 11.1. The molecule has 0 aliphatic rings. The lowest BCUT2D eigenvalue weighted by Gasteiger charge is -2.05. The van der Waals surface area contributed by atoms with Gasteiger partial charge in [-0.25, -0.2) is 0 Å². The van der Waals surface area contributed by atoms with Gasteiger partial charge in [-0.2, -0.15) is 0 Å². The minimum atomic E-state index is -0.765. The fraction of sp³-hybridized carbons (Fsp3) is 0.174. The second-order valence-electron chi connectivity index (χ2n) is 5.98. The van der Waals surface area contributed by atoms with Crippen molar-refractivity contribution in [2.45, 2.75) is 12.8 Å². The Morgan fingerprint density at radius 1 is 0.786 bits per heavy atom. The number of aryl methyl sites for hydroxylation is 1. The summed E-state index contributed by atoms with van der Waals surface area (Å²) in [6.45, 7) is 0. The zero-order valence-electron chi connectivity index (χ0n) is 15.9. The van der Waals surface area contributed by atoms with Crippen LogP contribution >= 0.6 is 15.9 Å². The third kappa shape index (κ3) is 7.08. The van der Waals surface area contributed by atoms with Crippen LogP contribution in [0.2, 0.25) is 0 Å². The number of carbonyl (C=O) groups is 1. The molecule has 1 N–H and O–H groups in total. The smallest absolute Gasteiger partial charge is 0.303 e. The molecule has 0 fully saturated rings. The summed E-state index contributed by atoms with van der Waals surface area (Å²) in [5.41, 5.74) is 3.27.